The molecule has 0 radical (unpaired) electrons. The molecule has 7 heteroatoms. The van der Waals surface area contributed by atoms with E-state index in [-0.39, 0.29) is 11.6 Å². The van der Waals surface area contributed by atoms with Crippen LogP contribution in [-0.4, -0.2) is 21.8 Å². The third-order valence-corrected chi connectivity index (χ3v) is 4.41. The second-order valence-corrected chi connectivity index (χ2v) is 6.76. The summed E-state index contributed by atoms with van der Waals surface area (Å²) >= 11 is 1.35. The van der Waals surface area contributed by atoms with Crippen LogP contribution < -0.4 is 5.32 Å². The van der Waals surface area contributed by atoms with E-state index < -0.39 is 17.5 Å². The summed E-state index contributed by atoms with van der Waals surface area (Å²) in [7, 11) is 0. The fourth-order valence-corrected chi connectivity index (χ4v) is 3.37. The molecule has 2 aromatic heterocycles. The summed E-state index contributed by atoms with van der Waals surface area (Å²) in [6, 6.07) is 11.1. The van der Waals surface area contributed by atoms with E-state index in [4.69, 9.17) is 0 Å². The van der Waals surface area contributed by atoms with E-state index in [1.165, 1.54) is 29.5 Å². The van der Waals surface area contributed by atoms with Gasteiger partial charge in [-0.1, -0.05) is 23.5 Å². The molecule has 5 nitrogen and oxygen atoms in total. The van der Waals surface area contributed by atoms with Crippen molar-refractivity contribution in [2.24, 2.45) is 0 Å². The molecule has 1 atom stereocenters. The number of benzene rings is 1. The molecule has 0 aliphatic carbocycles. The summed E-state index contributed by atoms with van der Waals surface area (Å²) in [5, 5.41) is 13.4. The normalized spacial score (nSPS) is 12.1. The van der Waals surface area contributed by atoms with Crippen molar-refractivity contribution in [1.82, 2.24) is 9.97 Å². The molecule has 0 saturated heterocycles. The third kappa shape index (κ3) is 3.49. The molecule has 0 fully saturated rings. The molecular weight excluding hydrogens is 339 g/mol. The highest BCUT2D eigenvalue weighted by Crippen LogP contribution is 2.28. The Bertz CT molecular complexity index is 977. The standard InChI is InChI=1S/C18H15FN4OS/c1-10(2)21-18-23-15-8-7-14(22-17(15)25-18)12(9-20)16(24)11-5-3-4-6-13(11)19/h3-8,10,12H,1-2H3,(H,21,23). The lowest BCUT2D eigenvalue weighted by Gasteiger charge is -2.08. The maximum atomic E-state index is 13.9. The first-order chi connectivity index (χ1) is 12.0. The van der Waals surface area contributed by atoms with Gasteiger partial charge in [0, 0.05) is 6.04 Å². The van der Waals surface area contributed by atoms with Gasteiger partial charge in [0.1, 0.15) is 16.2 Å². The van der Waals surface area contributed by atoms with Crippen LogP contribution in [0.2, 0.25) is 0 Å². The number of aromatic nitrogens is 2. The quantitative estimate of drug-likeness (QED) is 0.697. The molecule has 3 aromatic rings. The van der Waals surface area contributed by atoms with Crippen LogP contribution in [0.5, 0.6) is 0 Å². The Morgan fingerprint density at radius 3 is 2.68 bits per heavy atom. The third-order valence-electron chi connectivity index (χ3n) is 3.52. The van der Waals surface area contributed by atoms with Crippen molar-refractivity contribution >= 4 is 32.6 Å². The van der Waals surface area contributed by atoms with Crippen LogP contribution in [0.1, 0.15) is 35.8 Å². The molecule has 25 heavy (non-hydrogen) atoms. The van der Waals surface area contributed by atoms with Gasteiger partial charge in [-0.2, -0.15) is 5.26 Å². The highest BCUT2D eigenvalue weighted by atomic mass is 32.1. The summed E-state index contributed by atoms with van der Waals surface area (Å²) < 4.78 is 13.9. The topological polar surface area (TPSA) is 78.7 Å². The molecule has 0 amide bonds. The average Bonchev–Trinajstić information content (AvgIpc) is 2.96. The number of halogens is 1. The van der Waals surface area contributed by atoms with Gasteiger partial charge >= 0.3 is 0 Å². The Hall–Kier alpha value is -2.85. The number of anilines is 1. The minimum Gasteiger partial charge on any atom is -0.359 e. The molecule has 0 saturated carbocycles. The Labute approximate surface area is 148 Å². The Morgan fingerprint density at radius 2 is 2.00 bits per heavy atom. The number of carbonyl (C=O) groups excluding carboxylic acids is 1. The van der Waals surface area contributed by atoms with E-state index in [1.807, 2.05) is 19.9 Å². The number of ketones is 1. The number of nitriles is 1. The number of rotatable bonds is 5. The zero-order chi connectivity index (χ0) is 18.0. The van der Waals surface area contributed by atoms with Crippen LogP contribution in [0.25, 0.3) is 10.3 Å². The summed E-state index contributed by atoms with van der Waals surface area (Å²) in [6.07, 6.45) is 0. The second kappa shape index (κ2) is 6.95. The van der Waals surface area contributed by atoms with E-state index in [0.717, 1.165) is 5.13 Å². The molecular formula is C18H15FN4OS. The summed E-state index contributed by atoms with van der Waals surface area (Å²) in [5.74, 6) is -2.41. The van der Waals surface area contributed by atoms with Gasteiger partial charge in [-0.05, 0) is 38.1 Å². The van der Waals surface area contributed by atoms with Crippen molar-refractivity contribution in [3.05, 3.63) is 53.5 Å². The van der Waals surface area contributed by atoms with Crippen molar-refractivity contribution in [3.8, 4) is 6.07 Å². The lowest BCUT2D eigenvalue weighted by atomic mass is 9.95. The molecule has 126 valence electrons. The molecule has 1 unspecified atom stereocenters. The van der Waals surface area contributed by atoms with Crippen molar-refractivity contribution in [1.29, 1.82) is 5.26 Å². The Balaban J connectivity index is 1.97. The van der Waals surface area contributed by atoms with Gasteiger partial charge in [-0.3, -0.25) is 4.79 Å². The first-order valence-corrected chi connectivity index (χ1v) is 8.53. The number of nitrogens with zero attached hydrogens (tertiary/aromatic N) is 3. The second-order valence-electron chi connectivity index (χ2n) is 5.78. The minimum absolute atomic E-state index is 0.109. The van der Waals surface area contributed by atoms with Crippen LogP contribution >= 0.6 is 11.3 Å². The van der Waals surface area contributed by atoms with Gasteiger partial charge in [-0.25, -0.2) is 14.4 Å². The van der Waals surface area contributed by atoms with Gasteiger partial charge < -0.3 is 5.32 Å². The molecule has 2 heterocycles. The Kier molecular flexibility index (Phi) is 4.72. The van der Waals surface area contributed by atoms with Gasteiger partial charge in [0.25, 0.3) is 0 Å². The monoisotopic (exact) mass is 354 g/mol. The van der Waals surface area contributed by atoms with Crippen LogP contribution in [0, 0.1) is 17.1 Å². The smallest absolute Gasteiger partial charge is 0.189 e. The number of nitrogens with one attached hydrogen (secondary N) is 1. The number of carbonyl (C=O) groups is 1. The Morgan fingerprint density at radius 1 is 1.24 bits per heavy atom. The minimum atomic E-state index is -1.16. The SMILES string of the molecule is CC(C)Nc1nc2ccc(C(C#N)C(=O)c3ccccc3F)nc2s1. The zero-order valence-corrected chi connectivity index (χ0v) is 14.5. The summed E-state index contributed by atoms with van der Waals surface area (Å²) in [6.45, 7) is 4.01. The maximum Gasteiger partial charge on any atom is 0.189 e. The lowest BCUT2D eigenvalue weighted by molar-refractivity contribution is 0.0974. The van der Waals surface area contributed by atoms with Crippen LogP contribution in [0.15, 0.2) is 36.4 Å². The van der Waals surface area contributed by atoms with Crippen LogP contribution in [0.4, 0.5) is 9.52 Å². The average molecular weight is 354 g/mol. The maximum absolute atomic E-state index is 13.9. The first kappa shape index (κ1) is 17.0. The van der Waals surface area contributed by atoms with Crippen LogP contribution in [0.3, 0.4) is 0 Å². The van der Waals surface area contributed by atoms with Crippen molar-refractivity contribution in [2.45, 2.75) is 25.8 Å². The van der Waals surface area contributed by atoms with Crippen molar-refractivity contribution in [2.75, 3.05) is 5.32 Å². The van der Waals surface area contributed by atoms with Crippen molar-refractivity contribution < 1.29 is 9.18 Å². The van der Waals surface area contributed by atoms with Gasteiger partial charge in [0.05, 0.1) is 17.3 Å². The number of hydrogen-bond acceptors (Lipinski definition) is 6. The molecule has 0 aliphatic heterocycles. The van der Waals surface area contributed by atoms with E-state index in [0.29, 0.717) is 16.0 Å². The fourth-order valence-electron chi connectivity index (χ4n) is 2.38. The van der Waals surface area contributed by atoms with E-state index in [2.05, 4.69) is 15.3 Å². The van der Waals surface area contributed by atoms with Gasteiger partial charge in [-0.15, -0.1) is 0 Å². The van der Waals surface area contributed by atoms with Gasteiger partial charge in [0.15, 0.2) is 16.8 Å². The molecule has 3 rings (SSSR count). The van der Waals surface area contributed by atoms with E-state index in [9.17, 15) is 14.4 Å². The molecule has 0 aliphatic rings. The molecule has 0 bridgehead atoms. The lowest BCUT2D eigenvalue weighted by Crippen LogP contribution is -2.14. The number of pyridine rings is 1. The predicted octanol–water partition coefficient (Wildman–Crippen LogP) is 4.14. The number of fused-ring (bicyclic) bond motifs is 1. The van der Waals surface area contributed by atoms with Crippen LogP contribution in [-0.2, 0) is 0 Å². The van der Waals surface area contributed by atoms with Crippen molar-refractivity contribution in [3.63, 3.8) is 0 Å². The largest absolute Gasteiger partial charge is 0.359 e. The van der Waals surface area contributed by atoms with Gasteiger partial charge in [0.2, 0.25) is 0 Å². The van der Waals surface area contributed by atoms with E-state index in [1.54, 1.807) is 18.2 Å². The molecule has 1 N–H and O–H groups in total. The summed E-state index contributed by atoms with van der Waals surface area (Å²) in [4.78, 5) is 22.0. The fraction of sp³-hybridized carbons (Fsp3) is 0.222. The highest BCUT2D eigenvalue weighted by molar-refractivity contribution is 7.21. The first-order valence-electron chi connectivity index (χ1n) is 7.72. The molecule has 0 spiro atoms. The molecule has 1 aromatic carbocycles. The van der Waals surface area contributed by atoms with E-state index >= 15 is 0 Å². The summed E-state index contributed by atoms with van der Waals surface area (Å²) in [5.41, 5.74) is 0.873. The zero-order valence-electron chi connectivity index (χ0n) is 13.7. The highest BCUT2D eigenvalue weighted by Gasteiger charge is 2.26. The number of thiazole rings is 1. The number of hydrogen-bond donors (Lipinski definition) is 1. The number of Topliss-reactive ketones (excluding diaryl/α,β-unsaturated/α-hetero) is 1. The predicted molar refractivity (Wildman–Crippen MR) is 95.3 cm³/mol.